The van der Waals surface area contributed by atoms with Gasteiger partial charge < -0.3 is 14.0 Å². The van der Waals surface area contributed by atoms with Crippen molar-refractivity contribution >= 4 is 19.5 Å². The topological polar surface area (TPSA) is 38.7 Å². The van der Waals surface area contributed by atoms with Gasteiger partial charge in [0.1, 0.15) is 6.29 Å². The van der Waals surface area contributed by atoms with Crippen molar-refractivity contribution in [3.63, 3.8) is 0 Å². The van der Waals surface area contributed by atoms with Gasteiger partial charge >= 0.3 is 0 Å². The van der Waals surface area contributed by atoms with Gasteiger partial charge in [0.25, 0.3) is 0 Å². The molecule has 0 aromatic rings. The third-order valence-corrected chi connectivity index (χ3v) is 8.25. The monoisotopic (exact) mass is 358 g/mol. The molecule has 0 saturated heterocycles. The normalized spacial score (nSPS) is 38.5. The van der Waals surface area contributed by atoms with Crippen molar-refractivity contribution in [2.24, 2.45) is 28.6 Å². The average molecular weight is 359 g/mol. The highest BCUT2D eigenvalue weighted by molar-refractivity contribution is 6.26. The summed E-state index contributed by atoms with van der Waals surface area (Å²) in [6.07, 6.45) is 6.11. The highest BCUT2D eigenvalue weighted by Crippen LogP contribution is 2.62. The molecule has 0 radical (unpaired) electrons. The Hall–Kier alpha value is 0.314. The third kappa shape index (κ3) is 3.64. The van der Waals surface area contributed by atoms with Crippen molar-refractivity contribution in [3.05, 3.63) is 0 Å². The fraction of sp³-hybridized carbons (Fsp3) is 1.00. The second-order valence-corrected chi connectivity index (χ2v) is 10.4. The Morgan fingerprint density at radius 1 is 1.13 bits per heavy atom. The van der Waals surface area contributed by atoms with E-state index >= 15 is 0 Å². The summed E-state index contributed by atoms with van der Waals surface area (Å²) in [5, 5.41) is 10.3. The number of rotatable bonds is 7. The van der Waals surface area contributed by atoms with Crippen LogP contribution in [-0.2, 0) is 8.85 Å². The largest absolute Gasteiger partial charge is 0.400 e. The molecule has 2 fully saturated rings. The molecular weight excluding hydrogens is 320 g/mol. The standard InChI is InChI=1S/C18H38O3Si2/c1-12(19)13-9-10-15-14(8-7-11-18(13,15)4)17(2,3)16(20-22-5)21-23-6/h12-16,19H,7-11,22-23H2,1-6H3/t12-,13+,14-,15+,18-/m0/s1. The molecule has 0 heterocycles. The Labute approximate surface area is 147 Å². The molecule has 0 aliphatic heterocycles. The van der Waals surface area contributed by atoms with E-state index in [4.69, 9.17) is 8.85 Å². The SMILES string of the molecule is C[SiH2]OC(O[SiH2]C)C(C)(C)[C@H]1CCC[C@@]2(C)[C@@H]([C@H](C)O)CC[C@H]12. The van der Waals surface area contributed by atoms with Crippen LogP contribution in [0.15, 0.2) is 0 Å². The van der Waals surface area contributed by atoms with E-state index in [9.17, 15) is 5.11 Å². The molecule has 0 bridgehead atoms. The van der Waals surface area contributed by atoms with Crippen molar-refractivity contribution in [1.29, 1.82) is 0 Å². The molecule has 0 amide bonds. The average Bonchev–Trinajstić information content (AvgIpc) is 2.83. The summed E-state index contributed by atoms with van der Waals surface area (Å²) in [6, 6.07) is 0. The van der Waals surface area contributed by atoms with Gasteiger partial charge in [-0.2, -0.15) is 0 Å². The van der Waals surface area contributed by atoms with Gasteiger partial charge in [-0.05, 0) is 55.8 Å². The maximum Gasteiger partial charge on any atom is 0.161 e. The molecule has 23 heavy (non-hydrogen) atoms. The van der Waals surface area contributed by atoms with Crippen LogP contribution in [0.3, 0.4) is 0 Å². The second kappa shape index (κ2) is 7.69. The van der Waals surface area contributed by atoms with Crippen LogP contribution >= 0.6 is 0 Å². The van der Waals surface area contributed by atoms with Crippen LogP contribution in [0.5, 0.6) is 0 Å². The van der Waals surface area contributed by atoms with E-state index in [-0.39, 0.29) is 17.8 Å². The van der Waals surface area contributed by atoms with Gasteiger partial charge in [0.2, 0.25) is 0 Å². The smallest absolute Gasteiger partial charge is 0.161 e. The molecule has 0 spiro atoms. The summed E-state index contributed by atoms with van der Waals surface area (Å²) in [6.45, 7) is 13.6. The first-order valence-electron chi connectivity index (χ1n) is 9.70. The van der Waals surface area contributed by atoms with E-state index in [1.165, 1.54) is 32.1 Å². The first-order chi connectivity index (χ1) is 10.8. The molecule has 0 aromatic carbocycles. The van der Waals surface area contributed by atoms with Crippen LogP contribution in [0.2, 0.25) is 13.1 Å². The van der Waals surface area contributed by atoms with Crippen LogP contribution in [0.25, 0.3) is 0 Å². The van der Waals surface area contributed by atoms with Crippen LogP contribution in [-0.4, -0.2) is 37.0 Å². The molecule has 136 valence electrons. The lowest BCUT2D eigenvalue weighted by Crippen LogP contribution is -2.50. The van der Waals surface area contributed by atoms with E-state index in [0.717, 1.165) is 0 Å². The number of fused-ring (bicyclic) bond motifs is 1. The quantitative estimate of drug-likeness (QED) is 0.562. The molecule has 1 N–H and O–H groups in total. The number of hydrogen-bond donors (Lipinski definition) is 1. The first-order valence-corrected chi connectivity index (χ1v) is 13.7. The fourth-order valence-corrected chi connectivity index (χ4v) is 7.72. The van der Waals surface area contributed by atoms with Crippen molar-refractivity contribution in [3.8, 4) is 0 Å². The molecule has 2 rings (SSSR count). The molecule has 0 unspecified atom stereocenters. The lowest BCUT2D eigenvalue weighted by molar-refractivity contribution is -0.140. The second-order valence-electron chi connectivity index (χ2n) is 8.60. The van der Waals surface area contributed by atoms with Crippen molar-refractivity contribution in [1.82, 2.24) is 0 Å². The summed E-state index contributed by atoms with van der Waals surface area (Å²) >= 11 is 0. The van der Waals surface area contributed by atoms with Gasteiger partial charge in [0, 0.05) is 5.41 Å². The highest BCUT2D eigenvalue weighted by atomic mass is 28.2. The van der Waals surface area contributed by atoms with Crippen LogP contribution in [0.1, 0.15) is 59.8 Å². The number of hydrogen-bond acceptors (Lipinski definition) is 3. The first kappa shape index (κ1) is 19.6. The van der Waals surface area contributed by atoms with E-state index in [1.807, 2.05) is 6.92 Å². The summed E-state index contributed by atoms with van der Waals surface area (Å²) in [5.74, 6) is 1.82. The zero-order valence-electron chi connectivity index (χ0n) is 16.1. The molecule has 0 aromatic heterocycles. The molecule has 3 nitrogen and oxygen atoms in total. The maximum absolute atomic E-state index is 10.3. The van der Waals surface area contributed by atoms with Gasteiger partial charge in [-0.15, -0.1) is 0 Å². The Bertz CT molecular complexity index is 382. The predicted molar refractivity (Wildman–Crippen MR) is 102 cm³/mol. The zero-order valence-corrected chi connectivity index (χ0v) is 18.9. The maximum atomic E-state index is 10.3. The number of aliphatic hydroxyl groups is 1. The third-order valence-electron chi connectivity index (χ3n) is 6.98. The number of aliphatic hydroxyl groups excluding tert-OH is 1. The van der Waals surface area contributed by atoms with Gasteiger partial charge in [-0.25, -0.2) is 0 Å². The van der Waals surface area contributed by atoms with E-state index in [0.29, 0.717) is 23.2 Å². The summed E-state index contributed by atoms with van der Waals surface area (Å²) in [7, 11) is -0.941. The fourth-order valence-electron chi connectivity index (χ4n) is 5.87. The Morgan fingerprint density at radius 2 is 1.74 bits per heavy atom. The Kier molecular flexibility index (Phi) is 6.56. The van der Waals surface area contributed by atoms with Crippen LogP contribution in [0.4, 0.5) is 0 Å². The summed E-state index contributed by atoms with van der Waals surface area (Å²) in [4.78, 5) is 0. The van der Waals surface area contributed by atoms with Gasteiger partial charge in [0.05, 0.1) is 6.10 Å². The van der Waals surface area contributed by atoms with Gasteiger partial charge in [0.15, 0.2) is 19.5 Å². The van der Waals surface area contributed by atoms with Gasteiger partial charge in [-0.3, -0.25) is 0 Å². The minimum absolute atomic E-state index is 0.00576. The predicted octanol–water partition coefficient (Wildman–Crippen LogP) is 2.85. The minimum Gasteiger partial charge on any atom is -0.400 e. The molecule has 2 aliphatic rings. The molecule has 5 heteroatoms. The van der Waals surface area contributed by atoms with Crippen LogP contribution < -0.4 is 0 Å². The highest BCUT2D eigenvalue weighted by Gasteiger charge is 2.56. The van der Waals surface area contributed by atoms with E-state index in [1.54, 1.807) is 0 Å². The molecule has 5 atom stereocenters. The van der Waals surface area contributed by atoms with Crippen molar-refractivity contribution in [2.75, 3.05) is 0 Å². The van der Waals surface area contributed by atoms with Crippen molar-refractivity contribution in [2.45, 2.75) is 85.3 Å². The van der Waals surface area contributed by atoms with E-state index in [2.05, 4.69) is 33.9 Å². The van der Waals surface area contributed by atoms with E-state index < -0.39 is 19.5 Å². The Balaban J connectivity index is 2.24. The molecule has 2 saturated carbocycles. The molecule has 2 aliphatic carbocycles. The molecular formula is C18H38O3Si2. The zero-order chi connectivity index (χ0) is 17.3. The Morgan fingerprint density at radius 3 is 2.26 bits per heavy atom. The lowest BCUT2D eigenvalue weighted by Gasteiger charge is -2.52. The summed E-state index contributed by atoms with van der Waals surface area (Å²) < 4.78 is 12.3. The minimum atomic E-state index is -0.471. The van der Waals surface area contributed by atoms with Gasteiger partial charge in [-0.1, -0.05) is 40.3 Å². The van der Waals surface area contributed by atoms with Crippen molar-refractivity contribution < 1.29 is 14.0 Å². The summed E-state index contributed by atoms with van der Waals surface area (Å²) in [5.41, 5.74) is 0.373. The lowest BCUT2D eigenvalue weighted by atomic mass is 9.55. The van der Waals surface area contributed by atoms with Crippen LogP contribution in [0, 0.1) is 28.6 Å².